The van der Waals surface area contributed by atoms with Gasteiger partial charge >= 0.3 is 11.9 Å². The van der Waals surface area contributed by atoms with Gasteiger partial charge in [0.1, 0.15) is 0 Å². The van der Waals surface area contributed by atoms with Crippen LogP contribution in [0.15, 0.2) is 24.3 Å². The molecule has 3 nitrogen and oxygen atoms in total. The van der Waals surface area contributed by atoms with Crippen molar-refractivity contribution in [3.8, 4) is 0 Å². The van der Waals surface area contributed by atoms with Crippen LogP contribution in [0.1, 0.15) is 13.8 Å². The molecule has 0 aliphatic rings. The minimum absolute atomic E-state index is 0.357. The van der Waals surface area contributed by atoms with E-state index in [-0.39, 0.29) is 0 Å². The molecule has 60 valence electrons. The molecular formula is C8H10O3. The molecule has 0 saturated heterocycles. The zero-order valence-corrected chi connectivity index (χ0v) is 6.59. The molecule has 0 unspecified atom stereocenters. The van der Waals surface area contributed by atoms with Gasteiger partial charge in [-0.3, -0.25) is 4.79 Å². The highest BCUT2D eigenvalue weighted by Crippen LogP contribution is 1.96. The second kappa shape index (κ2) is 4.44. The molecule has 0 spiro atoms. The second-order valence-electron chi connectivity index (χ2n) is 1.97. The largest absolute Gasteiger partial charge is 0.390 e. The standard InChI is InChI=1S/C8H10O3/c1-4-5-6(2)8(10)11-7(3)9/h4-5H,1H2,2-3H3. The summed E-state index contributed by atoms with van der Waals surface area (Å²) in [6.07, 6.45) is 2.93. The van der Waals surface area contributed by atoms with E-state index in [9.17, 15) is 9.59 Å². The molecule has 0 aromatic heterocycles. The summed E-state index contributed by atoms with van der Waals surface area (Å²) in [6, 6.07) is 0. The van der Waals surface area contributed by atoms with Crippen LogP contribution in [0, 0.1) is 0 Å². The third-order valence-electron chi connectivity index (χ3n) is 0.926. The van der Waals surface area contributed by atoms with Crippen molar-refractivity contribution < 1.29 is 14.3 Å². The van der Waals surface area contributed by atoms with Gasteiger partial charge in [-0.2, -0.15) is 0 Å². The first kappa shape index (κ1) is 9.62. The van der Waals surface area contributed by atoms with E-state index >= 15 is 0 Å². The molecule has 0 aromatic rings. The summed E-state index contributed by atoms with van der Waals surface area (Å²) in [5.74, 6) is -1.23. The second-order valence-corrected chi connectivity index (χ2v) is 1.97. The molecule has 0 radical (unpaired) electrons. The summed E-state index contributed by atoms with van der Waals surface area (Å²) in [5.41, 5.74) is 0.357. The first-order valence-electron chi connectivity index (χ1n) is 3.10. The van der Waals surface area contributed by atoms with Crippen molar-refractivity contribution in [1.82, 2.24) is 0 Å². The van der Waals surface area contributed by atoms with Crippen molar-refractivity contribution in [1.29, 1.82) is 0 Å². The first-order valence-corrected chi connectivity index (χ1v) is 3.10. The van der Waals surface area contributed by atoms with Crippen molar-refractivity contribution in [2.45, 2.75) is 13.8 Å². The molecule has 11 heavy (non-hydrogen) atoms. The predicted octanol–water partition coefficient (Wildman–Crippen LogP) is 1.21. The molecule has 0 fully saturated rings. The van der Waals surface area contributed by atoms with E-state index in [0.717, 1.165) is 0 Å². The molecule has 0 atom stereocenters. The summed E-state index contributed by atoms with van der Waals surface area (Å²) in [4.78, 5) is 21.1. The van der Waals surface area contributed by atoms with Gasteiger partial charge in [0, 0.05) is 12.5 Å². The highest BCUT2D eigenvalue weighted by atomic mass is 16.6. The van der Waals surface area contributed by atoms with Crippen LogP contribution in [-0.2, 0) is 14.3 Å². The fraction of sp³-hybridized carbons (Fsp3) is 0.250. The van der Waals surface area contributed by atoms with Crippen molar-refractivity contribution in [2.75, 3.05) is 0 Å². The van der Waals surface area contributed by atoms with Crippen LogP contribution in [0.25, 0.3) is 0 Å². The number of hydrogen-bond acceptors (Lipinski definition) is 3. The summed E-state index contributed by atoms with van der Waals surface area (Å²) in [6.45, 7) is 6.12. The maximum atomic E-state index is 10.8. The Balaban J connectivity index is 4.14. The van der Waals surface area contributed by atoms with Gasteiger partial charge in [-0.05, 0) is 6.92 Å². The summed E-state index contributed by atoms with van der Waals surface area (Å²) < 4.78 is 4.27. The van der Waals surface area contributed by atoms with Gasteiger partial charge in [0.2, 0.25) is 0 Å². The molecule has 0 aliphatic carbocycles. The Kier molecular flexibility index (Phi) is 3.88. The number of carbonyl (C=O) groups excluding carboxylic acids is 2. The van der Waals surface area contributed by atoms with E-state index in [1.165, 1.54) is 19.1 Å². The van der Waals surface area contributed by atoms with Crippen molar-refractivity contribution in [3.05, 3.63) is 24.3 Å². The normalized spacial score (nSPS) is 10.5. The molecular weight excluding hydrogens is 144 g/mol. The van der Waals surface area contributed by atoms with Crippen molar-refractivity contribution in [2.24, 2.45) is 0 Å². The molecule has 0 heterocycles. The molecule has 3 heteroatoms. The monoisotopic (exact) mass is 154 g/mol. The minimum atomic E-state index is -0.627. The van der Waals surface area contributed by atoms with E-state index in [1.54, 1.807) is 6.92 Å². The van der Waals surface area contributed by atoms with Gasteiger partial charge in [0.05, 0.1) is 0 Å². The number of hydrogen-bond donors (Lipinski definition) is 0. The molecule has 0 aromatic carbocycles. The van der Waals surface area contributed by atoms with Crippen LogP contribution in [0.4, 0.5) is 0 Å². The molecule has 0 rings (SSSR count). The fourth-order valence-electron chi connectivity index (χ4n) is 0.456. The zero-order chi connectivity index (χ0) is 8.85. The molecule has 0 bridgehead atoms. The average molecular weight is 154 g/mol. The Morgan fingerprint density at radius 2 is 1.91 bits per heavy atom. The smallest absolute Gasteiger partial charge is 0.341 e. The van der Waals surface area contributed by atoms with Crippen molar-refractivity contribution >= 4 is 11.9 Å². The third kappa shape index (κ3) is 4.08. The lowest BCUT2D eigenvalue weighted by atomic mass is 10.3. The summed E-state index contributed by atoms with van der Waals surface area (Å²) in [7, 11) is 0. The van der Waals surface area contributed by atoms with E-state index < -0.39 is 11.9 Å². The maximum absolute atomic E-state index is 10.8. The maximum Gasteiger partial charge on any atom is 0.341 e. The van der Waals surface area contributed by atoms with Crippen LogP contribution in [0.5, 0.6) is 0 Å². The third-order valence-corrected chi connectivity index (χ3v) is 0.926. The molecule has 0 N–H and O–H groups in total. The SMILES string of the molecule is C=CC=C(C)C(=O)OC(C)=O. The predicted molar refractivity (Wildman–Crippen MR) is 40.7 cm³/mol. The van der Waals surface area contributed by atoms with Gasteiger partial charge in [-0.15, -0.1) is 0 Å². The van der Waals surface area contributed by atoms with E-state index in [4.69, 9.17) is 0 Å². The van der Waals surface area contributed by atoms with Gasteiger partial charge in [0.25, 0.3) is 0 Å². The minimum Gasteiger partial charge on any atom is -0.390 e. The Bertz CT molecular complexity index is 213. The van der Waals surface area contributed by atoms with Crippen LogP contribution in [0.3, 0.4) is 0 Å². The lowest BCUT2D eigenvalue weighted by Crippen LogP contribution is -2.09. The van der Waals surface area contributed by atoms with E-state index in [0.29, 0.717) is 5.57 Å². The van der Waals surface area contributed by atoms with Gasteiger partial charge in [0.15, 0.2) is 0 Å². The molecule has 0 amide bonds. The Labute approximate surface area is 65.4 Å². The number of esters is 2. The first-order chi connectivity index (χ1) is 5.07. The topological polar surface area (TPSA) is 43.4 Å². The Hall–Kier alpha value is -1.38. The Morgan fingerprint density at radius 1 is 1.36 bits per heavy atom. The molecule has 0 saturated carbocycles. The van der Waals surface area contributed by atoms with Crippen LogP contribution < -0.4 is 0 Å². The highest BCUT2D eigenvalue weighted by Gasteiger charge is 2.06. The van der Waals surface area contributed by atoms with E-state index in [1.807, 2.05) is 0 Å². The van der Waals surface area contributed by atoms with Crippen LogP contribution in [-0.4, -0.2) is 11.9 Å². The van der Waals surface area contributed by atoms with Crippen LogP contribution >= 0.6 is 0 Å². The lowest BCUT2D eigenvalue weighted by Gasteiger charge is -1.97. The summed E-state index contributed by atoms with van der Waals surface area (Å²) in [5, 5.41) is 0. The fourth-order valence-corrected chi connectivity index (χ4v) is 0.456. The van der Waals surface area contributed by atoms with Gasteiger partial charge in [-0.1, -0.05) is 18.7 Å². The quantitative estimate of drug-likeness (QED) is 0.260. The number of allylic oxidation sites excluding steroid dienone is 2. The zero-order valence-electron chi connectivity index (χ0n) is 6.59. The van der Waals surface area contributed by atoms with Crippen molar-refractivity contribution in [3.63, 3.8) is 0 Å². The summed E-state index contributed by atoms with van der Waals surface area (Å²) >= 11 is 0. The number of ether oxygens (including phenoxy) is 1. The van der Waals surface area contributed by atoms with Gasteiger partial charge < -0.3 is 4.74 Å². The number of carbonyl (C=O) groups is 2. The average Bonchev–Trinajstić information content (AvgIpc) is 1.86. The number of rotatable bonds is 2. The highest BCUT2D eigenvalue weighted by molar-refractivity contribution is 5.95. The van der Waals surface area contributed by atoms with Gasteiger partial charge in [-0.25, -0.2) is 4.79 Å². The lowest BCUT2D eigenvalue weighted by molar-refractivity contribution is -0.155. The Morgan fingerprint density at radius 3 is 2.27 bits per heavy atom. The molecule has 0 aliphatic heterocycles. The van der Waals surface area contributed by atoms with E-state index in [2.05, 4.69) is 11.3 Å². The van der Waals surface area contributed by atoms with Crippen LogP contribution in [0.2, 0.25) is 0 Å².